The molecule has 0 saturated heterocycles. The van der Waals surface area contributed by atoms with E-state index in [-0.39, 0.29) is 32.2 Å². The highest BCUT2D eigenvalue weighted by atomic mass is 31.2. The van der Waals surface area contributed by atoms with Gasteiger partial charge in [0, 0.05) is 13.0 Å². The summed E-state index contributed by atoms with van der Waals surface area (Å²) in [6.07, 6.45) is 74.9. The lowest BCUT2D eigenvalue weighted by Gasteiger charge is -2.28. The van der Waals surface area contributed by atoms with E-state index >= 15 is 0 Å². The third-order valence-electron chi connectivity index (χ3n) is 10.7. The van der Waals surface area contributed by atoms with Gasteiger partial charge in [0.2, 0.25) is 0 Å². The molecule has 0 N–H and O–H groups in total. The van der Waals surface area contributed by atoms with Crippen LogP contribution >= 0.6 is 7.82 Å². The summed E-state index contributed by atoms with van der Waals surface area (Å²) in [5.41, 5.74) is 0. The molecular weight excluding hydrogens is 878 g/mol. The molecule has 9 heteroatoms. The number of unbranched alkanes of at least 4 members (excludes halogenated alkanes) is 12. The Morgan fingerprint density at radius 2 is 0.797 bits per heavy atom. The minimum atomic E-state index is -4.56. The molecule has 0 heterocycles. The van der Waals surface area contributed by atoms with Crippen LogP contribution in [0.25, 0.3) is 0 Å². The third kappa shape index (κ3) is 55.4. The first-order valence-corrected chi connectivity index (χ1v) is 28.4. The first-order chi connectivity index (χ1) is 33.6. The summed E-state index contributed by atoms with van der Waals surface area (Å²) in [7, 11) is 1.30. The molecule has 8 nitrogen and oxygen atoms in total. The summed E-state index contributed by atoms with van der Waals surface area (Å²) >= 11 is 0. The summed E-state index contributed by atoms with van der Waals surface area (Å²) in [4.78, 5) is 25.2. The number of hydrogen-bond donors (Lipinski definition) is 0. The minimum absolute atomic E-state index is 0.00836. The zero-order valence-electron chi connectivity index (χ0n) is 44.5. The maximum absolute atomic E-state index is 12.8. The highest BCUT2D eigenvalue weighted by molar-refractivity contribution is 7.45. The maximum atomic E-state index is 12.8. The van der Waals surface area contributed by atoms with Crippen molar-refractivity contribution in [1.82, 2.24) is 0 Å². The molecular formula is C60H100NO7P. The zero-order valence-corrected chi connectivity index (χ0v) is 45.3. The van der Waals surface area contributed by atoms with E-state index in [4.69, 9.17) is 18.5 Å². The van der Waals surface area contributed by atoms with Gasteiger partial charge in [0.25, 0.3) is 7.82 Å². The molecule has 0 aromatic rings. The number of phosphoric ester groups is 1. The van der Waals surface area contributed by atoms with E-state index in [0.717, 1.165) is 103 Å². The lowest BCUT2D eigenvalue weighted by molar-refractivity contribution is -0.870. The average molecular weight is 978 g/mol. The molecule has 0 spiro atoms. The van der Waals surface area contributed by atoms with Crippen molar-refractivity contribution in [3.8, 4) is 0 Å². The van der Waals surface area contributed by atoms with Gasteiger partial charge in [0.15, 0.2) is 0 Å². The van der Waals surface area contributed by atoms with Crippen LogP contribution in [0.5, 0.6) is 0 Å². The Hall–Kier alpha value is -3.36. The monoisotopic (exact) mass is 978 g/mol. The third-order valence-corrected chi connectivity index (χ3v) is 11.7. The first kappa shape index (κ1) is 65.6. The van der Waals surface area contributed by atoms with Crippen molar-refractivity contribution in [2.75, 3.05) is 54.1 Å². The van der Waals surface area contributed by atoms with Crippen molar-refractivity contribution >= 4 is 13.8 Å². The smallest absolute Gasteiger partial charge is 0.306 e. The fourth-order valence-electron chi connectivity index (χ4n) is 6.63. The summed E-state index contributed by atoms with van der Waals surface area (Å²) in [6.45, 7) is 5.08. The summed E-state index contributed by atoms with van der Waals surface area (Å²) < 4.78 is 34.7. The van der Waals surface area contributed by atoms with Gasteiger partial charge in [-0.25, -0.2) is 0 Å². The topological polar surface area (TPSA) is 94.1 Å². The van der Waals surface area contributed by atoms with Crippen LogP contribution in [0.3, 0.4) is 0 Å². The van der Waals surface area contributed by atoms with Crippen LogP contribution in [-0.4, -0.2) is 70.7 Å². The highest BCUT2D eigenvalue weighted by Crippen LogP contribution is 2.38. The molecule has 69 heavy (non-hydrogen) atoms. The second-order valence-electron chi connectivity index (χ2n) is 18.5. The molecule has 0 aliphatic carbocycles. The van der Waals surface area contributed by atoms with Crippen LogP contribution in [0.2, 0.25) is 0 Å². The maximum Gasteiger partial charge on any atom is 0.306 e. The number of carbonyl (C=O) groups is 1. The number of likely N-dealkylation sites (N-methyl/N-ethyl adjacent to an activating group) is 1. The average Bonchev–Trinajstić information content (AvgIpc) is 3.31. The lowest BCUT2D eigenvalue weighted by atomic mass is 10.1. The Balaban J connectivity index is 4.23. The summed E-state index contributed by atoms with van der Waals surface area (Å²) in [5, 5.41) is 0. The standard InChI is InChI=1S/C60H100NO7P/c1-6-8-10-12-14-16-18-20-22-24-26-28-29-30-31-32-34-36-38-40-42-44-46-48-50-52-55-65-57-59(58-67-69(63,64)66-56-54-61(3,4)5)68-60(62)53-51-49-47-45-43-41-39-37-35-33-27-25-23-21-19-17-15-13-11-9-7-2/h8-11,14-17,20-23,26-28,30-31,33,37,39,43,45,59H,6-7,12-13,18-19,24-25,29,32,34-36,38,40-42,44,46-58H2,1-5H3/b10-8-,11-9-,16-14-,17-15-,22-20-,23-21-,28-26-,31-30-,33-27-,39-37-,45-43-. The molecule has 0 bridgehead atoms. The van der Waals surface area contributed by atoms with Crippen LogP contribution in [0.4, 0.5) is 0 Å². The fraction of sp³-hybridized carbons (Fsp3) is 0.617. The van der Waals surface area contributed by atoms with E-state index in [9.17, 15) is 14.3 Å². The van der Waals surface area contributed by atoms with E-state index in [0.29, 0.717) is 24.1 Å². The number of phosphoric acid groups is 1. The normalized spacial score (nSPS) is 14.6. The predicted molar refractivity (Wildman–Crippen MR) is 295 cm³/mol. The van der Waals surface area contributed by atoms with Gasteiger partial charge in [-0.15, -0.1) is 0 Å². The number of nitrogens with zero attached hydrogens (tertiary/aromatic N) is 1. The SMILES string of the molecule is CC/C=C\C/C=C\C/C=C\C/C=C\C/C=C\C/C=C\CCCCC(=O)OC(COCCCCCCCCCCCC/C=C\C/C=C\C/C=C\C/C=C\C/C=C\CC)COP(=O)([O-])OCC[N+](C)(C)C. The molecule has 0 fully saturated rings. The molecule has 0 aliphatic rings. The zero-order chi connectivity index (χ0) is 50.5. The number of ether oxygens (including phenoxy) is 2. The fourth-order valence-corrected chi connectivity index (χ4v) is 7.36. The molecule has 392 valence electrons. The van der Waals surface area contributed by atoms with Crippen LogP contribution in [0.15, 0.2) is 134 Å². The van der Waals surface area contributed by atoms with Crippen molar-refractivity contribution < 1.29 is 37.3 Å². The molecule has 0 aromatic carbocycles. The number of carbonyl (C=O) groups excluding carboxylic acids is 1. The Labute approximate surface area is 424 Å². The van der Waals surface area contributed by atoms with E-state index < -0.39 is 13.9 Å². The molecule has 0 rings (SSSR count). The molecule has 0 aromatic heterocycles. The molecule has 0 amide bonds. The van der Waals surface area contributed by atoms with Gasteiger partial charge < -0.3 is 27.9 Å². The molecule has 2 unspecified atom stereocenters. The van der Waals surface area contributed by atoms with Gasteiger partial charge >= 0.3 is 5.97 Å². The Kier molecular flexibility index (Phi) is 48.5. The van der Waals surface area contributed by atoms with Crippen molar-refractivity contribution in [1.29, 1.82) is 0 Å². The number of esters is 1. The van der Waals surface area contributed by atoms with Crippen LogP contribution < -0.4 is 4.89 Å². The van der Waals surface area contributed by atoms with Crippen LogP contribution in [-0.2, 0) is 27.9 Å². The van der Waals surface area contributed by atoms with Gasteiger partial charge in [0.1, 0.15) is 19.3 Å². The van der Waals surface area contributed by atoms with Gasteiger partial charge in [-0.2, -0.15) is 0 Å². The van der Waals surface area contributed by atoms with Gasteiger partial charge in [-0.1, -0.05) is 199 Å². The predicted octanol–water partition coefficient (Wildman–Crippen LogP) is 16.4. The Morgan fingerprint density at radius 3 is 1.19 bits per heavy atom. The largest absolute Gasteiger partial charge is 0.756 e. The molecule has 0 aliphatic heterocycles. The summed E-state index contributed by atoms with van der Waals surface area (Å²) in [5.74, 6) is -0.382. The van der Waals surface area contributed by atoms with E-state index in [2.05, 4.69) is 148 Å². The van der Waals surface area contributed by atoms with Crippen molar-refractivity contribution in [3.63, 3.8) is 0 Å². The minimum Gasteiger partial charge on any atom is -0.756 e. The van der Waals surface area contributed by atoms with Crippen molar-refractivity contribution in [2.45, 2.75) is 187 Å². The van der Waals surface area contributed by atoms with E-state index in [1.807, 2.05) is 21.1 Å². The number of allylic oxidation sites excluding steroid dienone is 22. The van der Waals surface area contributed by atoms with Crippen LogP contribution in [0, 0.1) is 0 Å². The molecule has 0 radical (unpaired) electrons. The second-order valence-corrected chi connectivity index (χ2v) is 19.9. The number of quaternary nitrogens is 1. The molecule has 0 saturated carbocycles. The molecule has 2 atom stereocenters. The van der Waals surface area contributed by atoms with Crippen molar-refractivity contribution in [2.24, 2.45) is 0 Å². The first-order valence-electron chi connectivity index (χ1n) is 26.9. The van der Waals surface area contributed by atoms with Gasteiger partial charge in [0.05, 0.1) is 34.4 Å². The Morgan fingerprint density at radius 1 is 0.449 bits per heavy atom. The van der Waals surface area contributed by atoms with E-state index in [1.165, 1.54) is 51.4 Å². The second kappa shape index (κ2) is 51.0. The van der Waals surface area contributed by atoms with Gasteiger partial charge in [-0.05, 0) is 109 Å². The quantitative estimate of drug-likeness (QED) is 0.0197. The van der Waals surface area contributed by atoms with Crippen LogP contribution in [0.1, 0.15) is 181 Å². The Bertz CT molecular complexity index is 1560. The van der Waals surface area contributed by atoms with Gasteiger partial charge in [-0.3, -0.25) is 9.36 Å². The number of hydrogen-bond acceptors (Lipinski definition) is 7. The van der Waals surface area contributed by atoms with E-state index in [1.54, 1.807) is 0 Å². The summed E-state index contributed by atoms with van der Waals surface area (Å²) in [6, 6.07) is 0. The highest BCUT2D eigenvalue weighted by Gasteiger charge is 2.20. The lowest BCUT2D eigenvalue weighted by Crippen LogP contribution is -2.37. The number of rotatable bonds is 48. The van der Waals surface area contributed by atoms with Crippen molar-refractivity contribution in [3.05, 3.63) is 134 Å².